The fraction of sp³-hybridized carbons (Fsp3) is 0.263. The molecule has 0 unspecified atom stereocenters. The molecule has 26 heavy (non-hydrogen) atoms. The van der Waals surface area contributed by atoms with Gasteiger partial charge in [0.25, 0.3) is 0 Å². The van der Waals surface area contributed by atoms with Crippen LogP contribution in [-0.4, -0.2) is 41.6 Å². The number of carbonyl (C=O) groups excluding carboxylic acids is 1. The Labute approximate surface area is 150 Å². The minimum Gasteiger partial charge on any atom is -0.497 e. The van der Waals surface area contributed by atoms with Gasteiger partial charge in [-0.1, -0.05) is 24.3 Å². The average molecular weight is 358 g/mol. The van der Waals surface area contributed by atoms with Crippen LogP contribution >= 0.6 is 0 Å². The molecule has 2 aromatic carbocycles. The van der Waals surface area contributed by atoms with Crippen molar-refractivity contribution in [2.24, 2.45) is 0 Å². The molecule has 0 aromatic heterocycles. The lowest BCUT2D eigenvalue weighted by Gasteiger charge is -2.40. The van der Waals surface area contributed by atoms with Crippen molar-refractivity contribution in [3.63, 3.8) is 0 Å². The molecule has 0 aliphatic carbocycles. The van der Waals surface area contributed by atoms with Gasteiger partial charge in [0.2, 0.25) is 5.91 Å². The van der Waals surface area contributed by atoms with E-state index in [0.717, 1.165) is 5.56 Å². The van der Waals surface area contributed by atoms with Crippen LogP contribution < -0.4 is 10.1 Å². The molecule has 1 amide bonds. The van der Waals surface area contributed by atoms with Gasteiger partial charge in [0, 0.05) is 6.54 Å². The Morgan fingerprint density at radius 3 is 2.46 bits per heavy atom. The van der Waals surface area contributed by atoms with Crippen LogP contribution in [0.4, 0.5) is 4.39 Å². The van der Waals surface area contributed by atoms with Gasteiger partial charge in [-0.15, -0.1) is 0 Å². The van der Waals surface area contributed by atoms with E-state index < -0.39 is 23.9 Å². The van der Waals surface area contributed by atoms with Crippen LogP contribution in [0.25, 0.3) is 0 Å². The molecule has 2 atom stereocenters. The number of ether oxygens (including phenoxy) is 1. The molecule has 136 valence electrons. The molecule has 0 spiro atoms. The lowest BCUT2D eigenvalue weighted by molar-refractivity contribution is -0.148. The Kier molecular flexibility index (Phi) is 5.18. The van der Waals surface area contributed by atoms with Crippen molar-refractivity contribution >= 4 is 11.9 Å². The number of carboxylic acid groups (broad SMARTS) is 1. The smallest absolute Gasteiger partial charge is 0.323 e. The Morgan fingerprint density at radius 1 is 1.23 bits per heavy atom. The van der Waals surface area contributed by atoms with Crippen molar-refractivity contribution in [3.05, 3.63) is 65.5 Å². The first-order valence-corrected chi connectivity index (χ1v) is 8.13. The van der Waals surface area contributed by atoms with Gasteiger partial charge >= 0.3 is 5.97 Å². The molecule has 1 heterocycles. The standard InChI is InChI=1S/C19H19FN2O4/c1-26-15-8-2-12(3-9-15)11-22-16(23)10-21-17(19(24)25)18(22)13-4-6-14(20)7-5-13/h2-9,17-18,21H,10-11H2,1H3,(H,24,25)/t17-,18+/m0/s1. The summed E-state index contributed by atoms with van der Waals surface area (Å²) in [5, 5.41) is 12.3. The number of piperazine rings is 1. The van der Waals surface area contributed by atoms with Crippen molar-refractivity contribution in [3.8, 4) is 5.75 Å². The van der Waals surface area contributed by atoms with Crippen LogP contribution in [0.5, 0.6) is 5.75 Å². The van der Waals surface area contributed by atoms with Gasteiger partial charge in [0.05, 0.1) is 19.7 Å². The topological polar surface area (TPSA) is 78.9 Å². The zero-order valence-electron chi connectivity index (χ0n) is 14.2. The van der Waals surface area contributed by atoms with Crippen molar-refractivity contribution in [2.75, 3.05) is 13.7 Å². The maximum atomic E-state index is 13.3. The number of aliphatic carboxylic acids is 1. The Morgan fingerprint density at radius 2 is 1.88 bits per heavy atom. The second kappa shape index (κ2) is 7.53. The monoisotopic (exact) mass is 358 g/mol. The molecule has 0 radical (unpaired) electrons. The zero-order chi connectivity index (χ0) is 18.7. The van der Waals surface area contributed by atoms with Gasteiger partial charge in [-0.2, -0.15) is 0 Å². The lowest BCUT2D eigenvalue weighted by Crippen LogP contribution is -2.58. The number of nitrogens with zero attached hydrogens (tertiary/aromatic N) is 1. The van der Waals surface area contributed by atoms with Gasteiger partial charge < -0.3 is 14.7 Å². The van der Waals surface area contributed by atoms with E-state index >= 15 is 0 Å². The Bertz CT molecular complexity index is 792. The van der Waals surface area contributed by atoms with Crippen molar-refractivity contribution in [2.45, 2.75) is 18.6 Å². The summed E-state index contributed by atoms with van der Waals surface area (Å²) >= 11 is 0. The molecule has 2 N–H and O–H groups in total. The van der Waals surface area contributed by atoms with Gasteiger partial charge in [0.15, 0.2) is 0 Å². The average Bonchev–Trinajstić information content (AvgIpc) is 2.64. The van der Waals surface area contributed by atoms with Crippen LogP contribution in [0, 0.1) is 5.82 Å². The highest BCUT2D eigenvalue weighted by molar-refractivity contribution is 5.84. The molecule has 1 aliphatic heterocycles. The van der Waals surface area contributed by atoms with Crippen molar-refractivity contribution in [1.82, 2.24) is 10.2 Å². The predicted octanol–water partition coefficient (Wildman–Crippen LogP) is 1.96. The fourth-order valence-corrected chi connectivity index (χ4v) is 3.11. The Hall–Kier alpha value is -2.93. The van der Waals surface area contributed by atoms with E-state index in [0.29, 0.717) is 11.3 Å². The van der Waals surface area contributed by atoms with Crippen molar-refractivity contribution < 1.29 is 23.8 Å². The Balaban J connectivity index is 1.95. The number of amides is 1. The summed E-state index contributed by atoms with van der Waals surface area (Å²) in [7, 11) is 1.57. The molecule has 1 aliphatic rings. The molecule has 1 fully saturated rings. The summed E-state index contributed by atoms with van der Waals surface area (Å²) in [4.78, 5) is 25.7. The number of hydrogen-bond acceptors (Lipinski definition) is 4. The summed E-state index contributed by atoms with van der Waals surface area (Å²) < 4.78 is 18.4. The van der Waals surface area contributed by atoms with E-state index in [1.165, 1.54) is 29.2 Å². The highest BCUT2D eigenvalue weighted by Crippen LogP contribution is 2.30. The lowest BCUT2D eigenvalue weighted by atomic mass is 9.94. The highest BCUT2D eigenvalue weighted by Gasteiger charge is 2.40. The van der Waals surface area contributed by atoms with Gasteiger partial charge in [-0.3, -0.25) is 14.9 Å². The first kappa shape index (κ1) is 17.9. The minimum atomic E-state index is -1.06. The molecule has 1 saturated heterocycles. The van der Waals surface area contributed by atoms with Crippen LogP contribution in [-0.2, 0) is 16.1 Å². The number of carboxylic acids is 1. The molecule has 6 nitrogen and oxygen atoms in total. The summed E-state index contributed by atoms with van der Waals surface area (Å²) in [5.74, 6) is -1.00. The number of carbonyl (C=O) groups is 2. The van der Waals surface area contributed by atoms with Gasteiger partial charge in [-0.05, 0) is 35.4 Å². The third-order valence-corrected chi connectivity index (χ3v) is 4.43. The molecular formula is C19H19FN2O4. The van der Waals surface area contributed by atoms with E-state index in [9.17, 15) is 19.1 Å². The van der Waals surface area contributed by atoms with Crippen LogP contribution in [0.1, 0.15) is 17.2 Å². The molecule has 3 rings (SSSR count). The second-order valence-electron chi connectivity index (χ2n) is 6.06. The summed E-state index contributed by atoms with van der Waals surface area (Å²) in [6.45, 7) is 0.182. The number of halogens is 1. The maximum absolute atomic E-state index is 13.3. The summed E-state index contributed by atoms with van der Waals surface area (Å²) in [5.41, 5.74) is 1.41. The first-order valence-electron chi connectivity index (χ1n) is 8.13. The molecular weight excluding hydrogens is 339 g/mol. The van der Waals surface area contributed by atoms with E-state index in [1.807, 2.05) is 12.1 Å². The quantitative estimate of drug-likeness (QED) is 0.854. The van der Waals surface area contributed by atoms with E-state index in [2.05, 4.69) is 5.32 Å². The first-order chi connectivity index (χ1) is 12.5. The molecule has 0 bridgehead atoms. The normalized spacial score (nSPS) is 20.1. The SMILES string of the molecule is COc1ccc(CN2C(=O)CN[C@H](C(=O)O)[C@H]2c2ccc(F)cc2)cc1. The van der Waals surface area contributed by atoms with Crippen LogP contribution in [0.15, 0.2) is 48.5 Å². The van der Waals surface area contributed by atoms with E-state index in [-0.39, 0.29) is 19.0 Å². The molecule has 0 saturated carbocycles. The maximum Gasteiger partial charge on any atom is 0.323 e. The van der Waals surface area contributed by atoms with Crippen LogP contribution in [0.3, 0.4) is 0 Å². The third-order valence-electron chi connectivity index (χ3n) is 4.43. The van der Waals surface area contributed by atoms with Gasteiger partial charge in [-0.25, -0.2) is 4.39 Å². The number of rotatable bonds is 5. The van der Waals surface area contributed by atoms with Gasteiger partial charge in [0.1, 0.15) is 17.6 Å². The van der Waals surface area contributed by atoms with E-state index in [1.54, 1.807) is 19.2 Å². The zero-order valence-corrected chi connectivity index (χ0v) is 14.2. The van der Waals surface area contributed by atoms with Crippen molar-refractivity contribution in [1.29, 1.82) is 0 Å². The highest BCUT2D eigenvalue weighted by atomic mass is 19.1. The molecule has 2 aromatic rings. The fourth-order valence-electron chi connectivity index (χ4n) is 3.11. The molecule has 7 heteroatoms. The second-order valence-corrected chi connectivity index (χ2v) is 6.06. The minimum absolute atomic E-state index is 0.0647. The predicted molar refractivity (Wildman–Crippen MR) is 92.1 cm³/mol. The summed E-state index contributed by atoms with van der Waals surface area (Å²) in [6, 6.07) is 11.0. The van der Waals surface area contributed by atoms with E-state index in [4.69, 9.17) is 4.74 Å². The number of benzene rings is 2. The third kappa shape index (κ3) is 3.67. The summed E-state index contributed by atoms with van der Waals surface area (Å²) in [6.07, 6.45) is 0. The van der Waals surface area contributed by atoms with Crippen LogP contribution in [0.2, 0.25) is 0 Å². The largest absolute Gasteiger partial charge is 0.497 e. The number of hydrogen-bond donors (Lipinski definition) is 2. The number of nitrogens with one attached hydrogen (secondary N) is 1. The number of methoxy groups -OCH3 is 1.